The van der Waals surface area contributed by atoms with Gasteiger partial charge in [-0.25, -0.2) is 4.39 Å². The zero-order chi connectivity index (χ0) is 18.3. The highest BCUT2D eigenvalue weighted by molar-refractivity contribution is 6.37. The van der Waals surface area contributed by atoms with Gasteiger partial charge in [-0.05, 0) is 38.1 Å². The Balaban J connectivity index is 2.01. The third kappa shape index (κ3) is 2.56. The van der Waals surface area contributed by atoms with E-state index in [-0.39, 0.29) is 12.4 Å². The summed E-state index contributed by atoms with van der Waals surface area (Å²) in [6.07, 6.45) is 1.98. The van der Waals surface area contributed by atoms with Crippen LogP contribution in [-0.4, -0.2) is 23.8 Å². The first-order valence-corrected chi connectivity index (χ1v) is 8.65. The number of amidine groups is 1. The standard InChI is InChI=1S/C20H16ClFN4/c1-3-16-12(2)24-25-18-11-23-20(13-7-4-5-9-15(13)22)19-14(21)8-6-10-17(19)26(16)18/h3-10H,11H2,1-2H3. The lowest BCUT2D eigenvalue weighted by Gasteiger charge is -2.30. The number of allylic oxidation sites excluding steroid dienone is 2. The van der Waals surface area contributed by atoms with E-state index in [0.29, 0.717) is 27.7 Å². The molecule has 0 N–H and O–H groups in total. The predicted molar refractivity (Wildman–Crippen MR) is 105 cm³/mol. The number of aliphatic imine (C=N–C) groups is 1. The van der Waals surface area contributed by atoms with Crippen LogP contribution < -0.4 is 4.90 Å². The summed E-state index contributed by atoms with van der Waals surface area (Å²) in [7, 11) is 0. The average Bonchev–Trinajstić information content (AvgIpc) is 2.80. The lowest BCUT2D eigenvalue weighted by atomic mass is 9.99. The first-order valence-electron chi connectivity index (χ1n) is 8.28. The minimum atomic E-state index is -0.336. The van der Waals surface area contributed by atoms with Crippen molar-refractivity contribution >= 4 is 34.5 Å². The quantitative estimate of drug-likeness (QED) is 0.712. The molecule has 2 aromatic carbocycles. The van der Waals surface area contributed by atoms with Crippen LogP contribution in [0.2, 0.25) is 5.02 Å². The van der Waals surface area contributed by atoms with Crippen LogP contribution in [0, 0.1) is 5.82 Å². The van der Waals surface area contributed by atoms with Gasteiger partial charge in [-0.1, -0.05) is 35.9 Å². The molecule has 0 amide bonds. The Labute approximate surface area is 156 Å². The van der Waals surface area contributed by atoms with Crippen molar-refractivity contribution in [1.82, 2.24) is 0 Å². The number of hydrogen-bond acceptors (Lipinski definition) is 4. The smallest absolute Gasteiger partial charge is 0.158 e. The maximum atomic E-state index is 14.5. The molecule has 0 bridgehead atoms. The summed E-state index contributed by atoms with van der Waals surface area (Å²) >= 11 is 6.55. The molecule has 0 aromatic heterocycles. The third-order valence-corrected chi connectivity index (χ3v) is 4.75. The molecule has 2 aromatic rings. The fourth-order valence-electron chi connectivity index (χ4n) is 3.27. The van der Waals surface area contributed by atoms with Crippen LogP contribution in [0.15, 0.2) is 69.4 Å². The van der Waals surface area contributed by atoms with Crippen LogP contribution in [0.3, 0.4) is 0 Å². The van der Waals surface area contributed by atoms with Crippen molar-refractivity contribution in [3.63, 3.8) is 0 Å². The number of rotatable bonds is 1. The SMILES string of the molecule is CC=C1C(C)=NN=C2CN=C(c3ccccc3F)c3c(Cl)cccc3N12. The van der Waals surface area contributed by atoms with Crippen LogP contribution in [0.5, 0.6) is 0 Å². The first kappa shape index (κ1) is 16.7. The molecule has 4 rings (SSSR count). The van der Waals surface area contributed by atoms with E-state index >= 15 is 0 Å². The van der Waals surface area contributed by atoms with Crippen molar-refractivity contribution in [2.24, 2.45) is 15.2 Å². The van der Waals surface area contributed by atoms with Gasteiger partial charge in [0.25, 0.3) is 0 Å². The molecule has 0 fully saturated rings. The summed E-state index contributed by atoms with van der Waals surface area (Å²) < 4.78 is 14.5. The molecule has 0 unspecified atom stereocenters. The molecule has 0 saturated heterocycles. The Bertz CT molecular complexity index is 1020. The molecular formula is C20H16ClFN4. The Morgan fingerprint density at radius 1 is 1.12 bits per heavy atom. The van der Waals surface area contributed by atoms with Crippen LogP contribution >= 0.6 is 11.6 Å². The molecule has 0 spiro atoms. The van der Waals surface area contributed by atoms with Gasteiger partial charge < -0.3 is 0 Å². The van der Waals surface area contributed by atoms with Crippen molar-refractivity contribution < 1.29 is 4.39 Å². The zero-order valence-corrected chi connectivity index (χ0v) is 15.1. The number of halogens is 2. The molecule has 4 nitrogen and oxygen atoms in total. The van der Waals surface area contributed by atoms with Gasteiger partial charge in [0.05, 0.1) is 27.8 Å². The molecule has 26 heavy (non-hydrogen) atoms. The fourth-order valence-corrected chi connectivity index (χ4v) is 3.53. The molecule has 2 aliphatic rings. The Morgan fingerprint density at radius 3 is 2.69 bits per heavy atom. The largest absolute Gasteiger partial charge is 0.293 e. The molecular weight excluding hydrogens is 351 g/mol. The van der Waals surface area contributed by atoms with Gasteiger partial charge in [-0.15, -0.1) is 5.10 Å². The van der Waals surface area contributed by atoms with E-state index in [2.05, 4.69) is 15.2 Å². The van der Waals surface area contributed by atoms with Gasteiger partial charge in [0.2, 0.25) is 0 Å². The molecule has 0 radical (unpaired) electrons. The van der Waals surface area contributed by atoms with E-state index in [4.69, 9.17) is 11.6 Å². The monoisotopic (exact) mass is 366 g/mol. The Morgan fingerprint density at radius 2 is 1.92 bits per heavy atom. The minimum absolute atomic E-state index is 0.281. The van der Waals surface area contributed by atoms with Gasteiger partial charge in [-0.3, -0.25) is 9.89 Å². The van der Waals surface area contributed by atoms with Crippen molar-refractivity contribution in [3.05, 3.63) is 76.2 Å². The molecule has 2 aliphatic heterocycles. The van der Waals surface area contributed by atoms with E-state index in [0.717, 1.165) is 17.1 Å². The number of benzene rings is 2. The predicted octanol–water partition coefficient (Wildman–Crippen LogP) is 4.83. The topological polar surface area (TPSA) is 40.3 Å². The molecule has 130 valence electrons. The molecule has 2 heterocycles. The van der Waals surface area contributed by atoms with Crippen molar-refractivity contribution in [2.75, 3.05) is 11.4 Å². The summed E-state index contributed by atoms with van der Waals surface area (Å²) in [4.78, 5) is 6.66. The van der Waals surface area contributed by atoms with Crippen LogP contribution in [0.1, 0.15) is 25.0 Å². The van der Waals surface area contributed by atoms with E-state index in [1.165, 1.54) is 6.07 Å². The highest BCUT2D eigenvalue weighted by Crippen LogP contribution is 2.36. The minimum Gasteiger partial charge on any atom is -0.293 e. The summed E-state index contributed by atoms with van der Waals surface area (Å²) in [5, 5.41) is 9.07. The van der Waals surface area contributed by atoms with E-state index in [1.54, 1.807) is 24.3 Å². The van der Waals surface area contributed by atoms with E-state index in [1.807, 2.05) is 37.0 Å². The molecule has 0 atom stereocenters. The summed E-state index contributed by atoms with van der Waals surface area (Å²) in [5.41, 5.74) is 4.17. The molecule has 0 aliphatic carbocycles. The Kier molecular flexibility index (Phi) is 4.17. The average molecular weight is 367 g/mol. The highest BCUT2D eigenvalue weighted by Gasteiger charge is 2.31. The summed E-state index contributed by atoms with van der Waals surface area (Å²) in [6, 6.07) is 12.2. The van der Waals surface area contributed by atoms with Gasteiger partial charge in [0, 0.05) is 11.1 Å². The zero-order valence-electron chi connectivity index (χ0n) is 14.4. The second-order valence-corrected chi connectivity index (χ2v) is 6.40. The third-order valence-electron chi connectivity index (χ3n) is 4.44. The van der Waals surface area contributed by atoms with Crippen LogP contribution in [-0.2, 0) is 0 Å². The van der Waals surface area contributed by atoms with E-state index in [9.17, 15) is 4.39 Å². The highest BCUT2D eigenvalue weighted by atomic mass is 35.5. The second kappa shape index (κ2) is 6.50. The maximum absolute atomic E-state index is 14.5. The van der Waals surface area contributed by atoms with Crippen LogP contribution in [0.25, 0.3) is 0 Å². The number of anilines is 1. The number of fused-ring (bicyclic) bond motifs is 3. The molecule has 6 heteroatoms. The van der Waals surface area contributed by atoms with Gasteiger partial charge in [0.15, 0.2) is 5.84 Å². The van der Waals surface area contributed by atoms with Crippen molar-refractivity contribution in [1.29, 1.82) is 0 Å². The lowest BCUT2D eigenvalue weighted by molar-refractivity contribution is 0.625. The number of nitrogens with zero attached hydrogens (tertiary/aromatic N) is 4. The first-order chi connectivity index (χ1) is 12.6. The van der Waals surface area contributed by atoms with Crippen molar-refractivity contribution in [3.8, 4) is 0 Å². The van der Waals surface area contributed by atoms with E-state index < -0.39 is 0 Å². The van der Waals surface area contributed by atoms with Gasteiger partial charge in [-0.2, -0.15) is 5.10 Å². The van der Waals surface area contributed by atoms with Gasteiger partial charge in [0.1, 0.15) is 12.4 Å². The summed E-state index contributed by atoms with van der Waals surface area (Å²) in [5.74, 6) is 0.344. The second-order valence-electron chi connectivity index (χ2n) is 5.99. The lowest BCUT2D eigenvalue weighted by Crippen LogP contribution is -2.37. The molecule has 0 saturated carbocycles. The Hall–Kier alpha value is -2.79. The summed E-state index contributed by atoms with van der Waals surface area (Å²) in [6.45, 7) is 4.14. The normalized spacial score (nSPS) is 17.8. The van der Waals surface area contributed by atoms with Crippen molar-refractivity contribution in [2.45, 2.75) is 13.8 Å². The van der Waals surface area contributed by atoms with Crippen LogP contribution in [0.4, 0.5) is 10.1 Å². The van der Waals surface area contributed by atoms with Gasteiger partial charge >= 0.3 is 0 Å². The maximum Gasteiger partial charge on any atom is 0.158 e. The fraction of sp³-hybridized carbons (Fsp3) is 0.150. The number of hydrogen-bond donors (Lipinski definition) is 0.